The summed E-state index contributed by atoms with van der Waals surface area (Å²) in [6.45, 7) is 2.13. The maximum Gasteiger partial charge on any atom is 0.129 e. The maximum atomic E-state index is 14.1. The van der Waals surface area contributed by atoms with Crippen molar-refractivity contribution < 1.29 is 9.50 Å². The number of benzene rings is 1. The van der Waals surface area contributed by atoms with E-state index in [0.717, 1.165) is 25.7 Å². The van der Waals surface area contributed by atoms with E-state index >= 15 is 0 Å². The second-order valence-corrected chi connectivity index (χ2v) is 6.30. The summed E-state index contributed by atoms with van der Waals surface area (Å²) < 4.78 is 14.1. The van der Waals surface area contributed by atoms with Crippen molar-refractivity contribution in [1.29, 1.82) is 0 Å². The Bertz CT molecular complexity index is 436. The fraction of sp³-hybridized carbons (Fsp3) is 0.647. The molecular weight excluding hydrogens is 253 g/mol. The molecule has 0 radical (unpaired) electrons. The van der Waals surface area contributed by atoms with Crippen molar-refractivity contribution >= 4 is 0 Å². The van der Waals surface area contributed by atoms with E-state index in [4.69, 9.17) is 5.73 Å². The van der Waals surface area contributed by atoms with Crippen LogP contribution >= 0.6 is 0 Å². The summed E-state index contributed by atoms with van der Waals surface area (Å²) in [4.78, 5) is 0. The van der Waals surface area contributed by atoms with Gasteiger partial charge in [0.1, 0.15) is 5.82 Å². The summed E-state index contributed by atoms with van der Waals surface area (Å²) in [6, 6.07) is 6.53. The quantitative estimate of drug-likeness (QED) is 0.885. The summed E-state index contributed by atoms with van der Waals surface area (Å²) in [5.74, 6) is -0.340. The number of hydrogen-bond donors (Lipinski definition) is 2. The minimum absolute atomic E-state index is 0.340. The number of hydrogen-bond acceptors (Lipinski definition) is 2. The van der Waals surface area contributed by atoms with Gasteiger partial charge in [-0.15, -0.1) is 0 Å². The molecule has 0 aromatic heterocycles. The molecule has 0 heterocycles. The van der Waals surface area contributed by atoms with Crippen LogP contribution in [0.4, 0.5) is 4.39 Å². The van der Waals surface area contributed by atoms with Gasteiger partial charge in [0.05, 0.1) is 5.60 Å². The molecule has 1 unspecified atom stereocenters. The molecule has 1 saturated carbocycles. The standard InChI is InChI=1S/C17H26FNO/c1-16(20,14-9-5-6-10-15(14)18)17(13-19)11-7-3-2-4-8-12-17/h5-6,9-10,20H,2-4,7-8,11-13,19H2,1H3. The molecule has 112 valence electrons. The van der Waals surface area contributed by atoms with E-state index < -0.39 is 11.0 Å². The molecule has 2 rings (SSSR count). The van der Waals surface area contributed by atoms with Crippen molar-refractivity contribution in [3.63, 3.8) is 0 Å². The van der Waals surface area contributed by atoms with Crippen LogP contribution in [0.25, 0.3) is 0 Å². The molecule has 3 heteroatoms. The Balaban J connectivity index is 2.39. The second-order valence-electron chi connectivity index (χ2n) is 6.30. The molecule has 20 heavy (non-hydrogen) atoms. The molecule has 0 saturated heterocycles. The van der Waals surface area contributed by atoms with Crippen LogP contribution < -0.4 is 5.73 Å². The SMILES string of the molecule is CC(O)(c1ccccc1F)C1(CN)CCCCCCC1. The Morgan fingerprint density at radius 1 is 1.15 bits per heavy atom. The van der Waals surface area contributed by atoms with Crippen molar-refractivity contribution in [2.45, 2.75) is 57.5 Å². The molecule has 0 spiro atoms. The third-order valence-electron chi connectivity index (χ3n) is 5.13. The Morgan fingerprint density at radius 3 is 2.25 bits per heavy atom. The van der Waals surface area contributed by atoms with Gasteiger partial charge in [0.2, 0.25) is 0 Å². The molecule has 1 atom stereocenters. The zero-order valence-corrected chi connectivity index (χ0v) is 12.4. The lowest BCUT2D eigenvalue weighted by atomic mass is 9.63. The van der Waals surface area contributed by atoms with Crippen LogP contribution in [0.5, 0.6) is 0 Å². The summed E-state index contributed by atoms with van der Waals surface area (Å²) >= 11 is 0. The smallest absolute Gasteiger partial charge is 0.129 e. The van der Waals surface area contributed by atoms with Crippen LogP contribution in [-0.4, -0.2) is 11.7 Å². The fourth-order valence-electron chi connectivity index (χ4n) is 3.61. The van der Waals surface area contributed by atoms with E-state index in [-0.39, 0.29) is 5.82 Å². The molecule has 2 nitrogen and oxygen atoms in total. The predicted octanol–water partition coefficient (Wildman–Crippen LogP) is 3.72. The lowest BCUT2D eigenvalue weighted by molar-refractivity contribution is -0.0885. The molecule has 1 fully saturated rings. The lowest BCUT2D eigenvalue weighted by Gasteiger charge is -2.46. The molecule has 3 N–H and O–H groups in total. The zero-order chi connectivity index (χ0) is 14.6. The molecule has 0 bridgehead atoms. The van der Waals surface area contributed by atoms with E-state index in [0.29, 0.717) is 12.1 Å². The van der Waals surface area contributed by atoms with Crippen LogP contribution in [0.1, 0.15) is 57.4 Å². The first kappa shape index (κ1) is 15.5. The first-order valence-electron chi connectivity index (χ1n) is 7.71. The van der Waals surface area contributed by atoms with E-state index in [9.17, 15) is 9.50 Å². The summed E-state index contributed by atoms with van der Waals surface area (Å²) in [5, 5.41) is 11.1. The monoisotopic (exact) mass is 279 g/mol. The van der Waals surface area contributed by atoms with E-state index in [1.165, 1.54) is 25.3 Å². The highest BCUT2D eigenvalue weighted by Crippen LogP contribution is 2.48. The van der Waals surface area contributed by atoms with Crippen LogP contribution in [0, 0.1) is 11.2 Å². The molecule has 1 aliphatic carbocycles. The summed E-state index contributed by atoms with van der Waals surface area (Å²) in [5.41, 5.74) is 4.79. The van der Waals surface area contributed by atoms with Crippen LogP contribution in [0.3, 0.4) is 0 Å². The van der Waals surface area contributed by atoms with Gasteiger partial charge in [0.25, 0.3) is 0 Å². The van der Waals surface area contributed by atoms with Crippen molar-refractivity contribution in [3.8, 4) is 0 Å². The lowest BCUT2D eigenvalue weighted by Crippen LogP contribution is -2.49. The topological polar surface area (TPSA) is 46.2 Å². The van der Waals surface area contributed by atoms with Gasteiger partial charge in [-0.2, -0.15) is 0 Å². The molecule has 1 aromatic rings. The molecule has 0 amide bonds. The first-order valence-corrected chi connectivity index (χ1v) is 7.71. The Hall–Kier alpha value is -0.930. The Labute approximate surface area is 121 Å². The minimum Gasteiger partial charge on any atom is -0.385 e. The molecule has 1 aliphatic rings. The van der Waals surface area contributed by atoms with Gasteiger partial charge in [0, 0.05) is 17.5 Å². The van der Waals surface area contributed by atoms with Crippen molar-refractivity contribution in [2.24, 2.45) is 11.1 Å². The largest absolute Gasteiger partial charge is 0.385 e. The Kier molecular flexibility index (Phi) is 4.82. The van der Waals surface area contributed by atoms with Crippen LogP contribution in [-0.2, 0) is 5.60 Å². The Morgan fingerprint density at radius 2 is 1.70 bits per heavy atom. The minimum atomic E-state index is -1.22. The van der Waals surface area contributed by atoms with Gasteiger partial charge in [0.15, 0.2) is 0 Å². The predicted molar refractivity (Wildman–Crippen MR) is 79.8 cm³/mol. The summed E-state index contributed by atoms with van der Waals surface area (Å²) in [6.07, 6.45) is 7.45. The average molecular weight is 279 g/mol. The van der Waals surface area contributed by atoms with Crippen molar-refractivity contribution in [3.05, 3.63) is 35.6 Å². The highest BCUT2D eigenvalue weighted by atomic mass is 19.1. The number of rotatable bonds is 3. The maximum absolute atomic E-state index is 14.1. The van der Waals surface area contributed by atoms with E-state index in [1.54, 1.807) is 25.1 Å². The third kappa shape index (κ3) is 2.75. The van der Waals surface area contributed by atoms with Crippen LogP contribution in [0.2, 0.25) is 0 Å². The van der Waals surface area contributed by atoms with E-state index in [1.807, 2.05) is 0 Å². The zero-order valence-electron chi connectivity index (χ0n) is 12.4. The highest BCUT2D eigenvalue weighted by molar-refractivity contribution is 5.26. The van der Waals surface area contributed by atoms with Gasteiger partial charge in [-0.25, -0.2) is 4.39 Å². The van der Waals surface area contributed by atoms with E-state index in [2.05, 4.69) is 0 Å². The van der Waals surface area contributed by atoms with Gasteiger partial charge < -0.3 is 10.8 Å². The number of nitrogens with two attached hydrogens (primary N) is 1. The van der Waals surface area contributed by atoms with Crippen molar-refractivity contribution in [1.82, 2.24) is 0 Å². The fourth-order valence-corrected chi connectivity index (χ4v) is 3.61. The van der Waals surface area contributed by atoms with Gasteiger partial charge in [-0.3, -0.25) is 0 Å². The number of aliphatic hydroxyl groups is 1. The van der Waals surface area contributed by atoms with Crippen LogP contribution in [0.15, 0.2) is 24.3 Å². The van der Waals surface area contributed by atoms with Gasteiger partial charge in [-0.1, -0.05) is 50.3 Å². The normalized spacial score (nSPS) is 22.6. The molecular formula is C17H26FNO. The highest BCUT2D eigenvalue weighted by Gasteiger charge is 2.47. The number of halogens is 1. The first-order chi connectivity index (χ1) is 9.53. The average Bonchev–Trinajstić information content (AvgIpc) is 2.39. The van der Waals surface area contributed by atoms with Gasteiger partial charge in [-0.05, 0) is 25.8 Å². The second kappa shape index (κ2) is 6.23. The van der Waals surface area contributed by atoms with Crippen molar-refractivity contribution in [2.75, 3.05) is 6.54 Å². The third-order valence-corrected chi connectivity index (χ3v) is 5.13. The molecule has 1 aromatic carbocycles. The molecule has 0 aliphatic heterocycles. The van der Waals surface area contributed by atoms with Gasteiger partial charge >= 0.3 is 0 Å². The summed E-state index contributed by atoms with van der Waals surface area (Å²) in [7, 11) is 0.